The lowest BCUT2D eigenvalue weighted by molar-refractivity contribution is -0.384. The van der Waals surface area contributed by atoms with Crippen molar-refractivity contribution in [2.24, 2.45) is 11.8 Å². The largest absolute Gasteiger partial charge is 0.462 e. The molecule has 0 spiro atoms. The van der Waals surface area contributed by atoms with Crippen molar-refractivity contribution in [3.63, 3.8) is 0 Å². The van der Waals surface area contributed by atoms with E-state index in [1.165, 1.54) is 31.2 Å². The van der Waals surface area contributed by atoms with Gasteiger partial charge < -0.3 is 9.47 Å². The number of hydrogen-bond acceptors (Lipinski definition) is 7. The lowest BCUT2D eigenvalue weighted by Gasteiger charge is -2.28. The maximum absolute atomic E-state index is 13.0. The number of anilines is 1. The Hall–Kier alpha value is -3.07. The Kier molecular flexibility index (Phi) is 3.45. The minimum atomic E-state index is -1.18. The van der Waals surface area contributed by atoms with E-state index in [4.69, 9.17) is 9.47 Å². The number of hydrogen-bond donors (Lipinski definition) is 0. The number of esters is 1. The fourth-order valence-corrected chi connectivity index (χ4v) is 3.88. The van der Waals surface area contributed by atoms with Crippen LogP contribution in [-0.4, -0.2) is 41.0 Å². The van der Waals surface area contributed by atoms with Gasteiger partial charge in [-0.1, -0.05) is 12.1 Å². The predicted molar refractivity (Wildman–Crippen MR) is 85.9 cm³/mol. The van der Waals surface area contributed by atoms with Gasteiger partial charge in [0.1, 0.15) is 12.2 Å². The number of carbonyl (C=O) groups excluding carboxylic acids is 3. The summed E-state index contributed by atoms with van der Waals surface area (Å²) < 4.78 is 10.8. The molecule has 26 heavy (non-hydrogen) atoms. The number of rotatable bonds is 4. The van der Waals surface area contributed by atoms with E-state index in [2.05, 4.69) is 0 Å². The zero-order valence-electron chi connectivity index (χ0n) is 13.7. The highest BCUT2D eigenvalue weighted by Crippen LogP contribution is 2.52. The van der Waals surface area contributed by atoms with Crippen LogP contribution in [-0.2, 0) is 23.9 Å². The maximum atomic E-state index is 13.0. The Morgan fingerprint density at radius 1 is 1.38 bits per heavy atom. The first kappa shape index (κ1) is 16.4. The number of non-ortho nitro benzene ring substituents is 1. The summed E-state index contributed by atoms with van der Waals surface area (Å²) in [6, 6.07) is 5.36. The molecule has 4 atom stereocenters. The second-order valence-corrected chi connectivity index (χ2v) is 6.47. The molecule has 0 unspecified atom stereocenters. The summed E-state index contributed by atoms with van der Waals surface area (Å²) in [6.45, 7) is 1.08. The van der Waals surface area contributed by atoms with Crippen LogP contribution < -0.4 is 4.90 Å². The molecule has 9 nitrogen and oxygen atoms in total. The van der Waals surface area contributed by atoms with Crippen LogP contribution >= 0.6 is 0 Å². The van der Waals surface area contributed by atoms with Crippen molar-refractivity contribution in [3.8, 4) is 0 Å². The third-order valence-electron chi connectivity index (χ3n) is 4.95. The number of benzene rings is 1. The summed E-state index contributed by atoms with van der Waals surface area (Å²) in [6.07, 6.45) is 2.76. The molecule has 134 valence electrons. The van der Waals surface area contributed by atoms with Gasteiger partial charge >= 0.3 is 5.97 Å². The molecule has 3 heterocycles. The smallest absolute Gasteiger partial charge is 0.302 e. The van der Waals surface area contributed by atoms with E-state index in [9.17, 15) is 24.5 Å². The number of ether oxygens (including phenoxy) is 2. The Bertz CT molecular complexity index is 880. The second-order valence-electron chi connectivity index (χ2n) is 6.47. The molecular weight excluding hydrogens is 344 g/mol. The Morgan fingerprint density at radius 2 is 2.15 bits per heavy atom. The molecule has 9 heteroatoms. The Labute approximate surface area is 147 Å². The van der Waals surface area contributed by atoms with Gasteiger partial charge in [-0.25, -0.2) is 4.90 Å². The van der Waals surface area contributed by atoms with E-state index in [0.29, 0.717) is 0 Å². The van der Waals surface area contributed by atoms with Gasteiger partial charge in [-0.2, -0.15) is 0 Å². The molecule has 0 radical (unpaired) electrons. The highest BCUT2D eigenvalue weighted by Gasteiger charge is 2.68. The SMILES string of the molecule is CC(=O)OC[C@@]12C=C[C@@H](O1)[C@H]1C(=O)N(c3cccc([N+](=O)[O-])c3)C(=O)[C@H]12. The number of nitro benzene ring substituents is 1. The fourth-order valence-electron chi connectivity index (χ4n) is 3.88. The van der Waals surface area contributed by atoms with Crippen molar-refractivity contribution >= 4 is 29.2 Å². The molecule has 0 saturated carbocycles. The molecule has 0 aliphatic carbocycles. The van der Waals surface area contributed by atoms with Crippen molar-refractivity contribution in [2.75, 3.05) is 11.5 Å². The number of nitrogens with zero attached hydrogens (tertiary/aromatic N) is 2. The Balaban J connectivity index is 1.70. The average molecular weight is 358 g/mol. The van der Waals surface area contributed by atoms with Gasteiger partial charge in [0.05, 0.1) is 28.6 Å². The standard InChI is InChI=1S/C17H14N2O7/c1-9(20)25-8-17-6-5-12(26-17)13-14(17)16(22)18(15(13)21)10-3-2-4-11(7-10)19(23)24/h2-7,12-14H,8H2,1H3/t12-,13-,14+,17-/m1/s1. The van der Waals surface area contributed by atoms with Crippen molar-refractivity contribution in [3.05, 3.63) is 46.5 Å². The molecule has 1 aromatic rings. The van der Waals surface area contributed by atoms with E-state index in [0.717, 1.165) is 4.90 Å². The maximum Gasteiger partial charge on any atom is 0.302 e. The van der Waals surface area contributed by atoms with Crippen LogP contribution in [0.25, 0.3) is 0 Å². The molecule has 2 saturated heterocycles. The van der Waals surface area contributed by atoms with Gasteiger partial charge in [0, 0.05) is 19.1 Å². The monoisotopic (exact) mass is 358 g/mol. The molecule has 2 fully saturated rings. The molecule has 0 aromatic heterocycles. The summed E-state index contributed by atoms with van der Waals surface area (Å²) in [5.41, 5.74) is -1.25. The summed E-state index contributed by atoms with van der Waals surface area (Å²) in [5, 5.41) is 11.0. The van der Waals surface area contributed by atoms with Gasteiger partial charge in [0.15, 0.2) is 0 Å². The number of nitro groups is 1. The lowest BCUT2D eigenvalue weighted by atomic mass is 9.77. The Morgan fingerprint density at radius 3 is 2.85 bits per heavy atom. The molecular formula is C17H14N2O7. The van der Waals surface area contributed by atoms with E-state index >= 15 is 0 Å². The summed E-state index contributed by atoms with van der Waals surface area (Å²) >= 11 is 0. The summed E-state index contributed by atoms with van der Waals surface area (Å²) in [7, 11) is 0. The normalized spacial score (nSPS) is 31.4. The summed E-state index contributed by atoms with van der Waals surface area (Å²) in [4.78, 5) is 48.4. The first-order valence-corrected chi connectivity index (χ1v) is 7.97. The van der Waals surface area contributed by atoms with Gasteiger partial charge in [-0.15, -0.1) is 0 Å². The highest BCUT2D eigenvalue weighted by atomic mass is 16.6. The number of amides is 2. The van der Waals surface area contributed by atoms with Gasteiger partial charge in [-0.3, -0.25) is 24.5 Å². The van der Waals surface area contributed by atoms with Crippen molar-refractivity contribution < 1.29 is 28.8 Å². The molecule has 4 rings (SSSR count). The third kappa shape index (κ3) is 2.17. The van der Waals surface area contributed by atoms with Gasteiger partial charge in [-0.05, 0) is 12.1 Å². The van der Waals surface area contributed by atoms with E-state index in [1.807, 2.05) is 0 Å². The number of imide groups is 1. The molecule has 0 N–H and O–H groups in total. The van der Waals surface area contributed by atoms with Crippen molar-refractivity contribution in [1.29, 1.82) is 0 Å². The third-order valence-corrected chi connectivity index (χ3v) is 4.95. The van der Waals surface area contributed by atoms with E-state index in [1.54, 1.807) is 12.2 Å². The molecule has 2 amide bonds. The van der Waals surface area contributed by atoms with E-state index < -0.39 is 46.2 Å². The topological polar surface area (TPSA) is 116 Å². The fraction of sp³-hybridized carbons (Fsp3) is 0.353. The van der Waals surface area contributed by atoms with Crippen LogP contribution in [0.5, 0.6) is 0 Å². The van der Waals surface area contributed by atoms with Crippen LogP contribution in [0.3, 0.4) is 0 Å². The quantitative estimate of drug-likeness (QED) is 0.259. The van der Waals surface area contributed by atoms with Gasteiger partial charge in [0.2, 0.25) is 11.8 Å². The zero-order chi connectivity index (χ0) is 18.6. The van der Waals surface area contributed by atoms with Crippen LogP contribution in [0, 0.1) is 22.0 Å². The van der Waals surface area contributed by atoms with Gasteiger partial charge in [0.25, 0.3) is 5.69 Å². The minimum absolute atomic E-state index is 0.144. The predicted octanol–water partition coefficient (Wildman–Crippen LogP) is 0.971. The first-order valence-electron chi connectivity index (χ1n) is 7.97. The van der Waals surface area contributed by atoms with Crippen LogP contribution in [0.4, 0.5) is 11.4 Å². The van der Waals surface area contributed by atoms with E-state index in [-0.39, 0.29) is 18.0 Å². The van der Waals surface area contributed by atoms with Crippen molar-refractivity contribution in [1.82, 2.24) is 0 Å². The minimum Gasteiger partial charge on any atom is -0.462 e. The molecule has 1 aromatic carbocycles. The van der Waals surface area contributed by atoms with Crippen LogP contribution in [0.2, 0.25) is 0 Å². The first-order chi connectivity index (χ1) is 12.3. The van der Waals surface area contributed by atoms with Crippen LogP contribution in [0.15, 0.2) is 36.4 Å². The molecule has 3 aliphatic heterocycles. The van der Waals surface area contributed by atoms with Crippen LogP contribution in [0.1, 0.15) is 6.92 Å². The summed E-state index contributed by atoms with van der Waals surface area (Å²) in [5.74, 6) is -3.07. The molecule has 2 bridgehead atoms. The highest BCUT2D eigenvalue weighted by molar-refractivity contribution is 6.23. The second kappa shape index (κ2) is 5.46. The lowest BCUT2D eigenvalue weighted by Crippen LogP contribution is -2.44. The molecule has 3 aliphatic rings. The average Bonchev–Trinajstić information content (AvgIpc) is 3.24. The van der Waals surface area contributed by atoms with Crippen molar-refractivity contribution in [2.45, 2.75) is 18.6 Å². The number of carbonyl (C=O) groups is 3. The number of fused-ring (bicyclic) bond motifs is 5. The zero-order valence-corrected chi connectivity index (χ0v) is 13.7.